The van der Waals surface area contributed by atoms with Crippen LogP contribution in [-0.4, -0.2) is 50.4 Å². The van der Waals surface area contributed by atoms with Gasteiger partial charge in [-0.05, 0) is 80.3 Å². The molecule has 0 saturated heterocycles. The molecule has 8 nitrogen and oxygen atoms in total. The van der Waals surface area contributed by atoms with Gasteiger partial charge in [0.25, 0.3) is 10.0 Å². The van der Waals surface area contributed by atoms with Crippen molar-refractivity contribution < 1.29 is 22.7 Å². The van der Waals surface area contributed by atoms with Crippen LogP contribution in [-0.2, 0) is 32.6 Å². The summed E-state index contributed by atoms with van der Waals surface area (Å²) < 4.78 is 35.2. The van der Waals surface area contributed by atoms with Crippen molar-refractivity contribution >= 4 is 39.1 Å². The summed E-state index contributed by atoms with van der Waals surface area (Å²) in [6.45, 7) is 3.67. The van der Waals surface area contributed by atoms with Crippen molar-refractivity contribution in [2.45, 2.75) is 69.5 Å². The van der Waals surface area contributed by atoms with E-state index in [0.717, 1.165) is 41.1 Å². The first-order valence-electron chi connectivity index (χ1n) is 16.3. The summed E-state index contributed by atoms with van der Waals surface area (Å²) in [4.78, 5) is 30.3. The Morgan fingerprint density at radius 1 is 0.896 bits per heavy atom. The molecule has 0 radical (unpaired) electrons. The van der Waals surface area contributed by atoms with Crippen LogP contribution in [0, 0.1) is 6.92 Å². The average Bonchev–Trinajstić information content (AvgIpc) is 3.60. The third-order valence-corrected chi connectivity index (χ3v) is 10.8. The summed E-state index contributed by atoms with van der Waals surface area (Å²) in [5.74, 6) is -0.271. The number of hydrogen-bond acceptors (Lipinski definition) is 5. The fraction of sp³-hybridized carbons (Fsp3) is 0.316. The van der Waals surface area contributed by atoms with E-state index >= 15 is 0 Å². The number of carbonyl (C=O) groups is 2. The molecule has 4 aromatic carbocycles. The molecule has 1 unspecified atom stereocenters. The van der Waals surface area contributed by atoms with Crippen LogP contribution in [0.5, 0.6) is 5.75 Å². The summed E-state index contributed by atoms with van der Waals surface area (Å²) in [5.41, 5.74) is 2.79. The molecule has 1 aliphatic carbocycles. The van der Waals surface area contributed by atoms with E-state index in [1.807, 2.05) is 56.3 Å². The van der Waals surface area contributed by atoms with Gasteiger partial charge in [0.05, 0.1) is 17.2 Å². The lowest BCUT2D eigenvalue weighted by molar-refractivity contribution is -0.140. The van der Waals surface area contributed by atoms with Crippen LogP contribution in [0.1, 0.15) is 49.3 Å². The Morgan fingerprint density at radius 2 is 1.54 bits per heavy atom. The number of hydrogen-bond donors (Lipinski definition) is 1. The van der Waals surface area contributed by atoms with Gasteiger partial charge in [0.2, 0.25) is 11.8 Å². The van der Waals surface area contributed by atoms with Crippen LogP contribution in [0.25, 0.3) is 0 Å². The van der Waals surface area contributed by atoms with Gasteiger partial charge in [-0.1, -0.05) is 90.7 Å². The highest BCUT2D eigenvalue weighted by atomic mass is 35.5. The number of rotatable bonds is 14. The van der Waals surface area contributed by atoms with Gasteiger partial charge in [-0.2, -0.15) is 0 Å². The molecule has 0 bridgehead atoms. The smallest absolute Gasteiger partial charge is 0.264 e. The molecule has 252 valence electrons. The summed E-state index contributed by atoms with van der Waals surface area (Å²) in [5, 5.41) is 3.63. The minimum atomic E-state index is -4.23. The number of nitrogens with one attached hydrogen (secondary N) is 1. The predicted octanol–water partition coefficient (Wildman–Crippen LogP) is 6.94. The third kappa shape index (κ3) is 8.76. The van der Waals surface area contributed by atoms with Gasteiger partial charge in [0.15, 0.2) is 0 Å². The highest BCUT2D eigenvalue weighted by molar-refractivity contribution is 7.92. The predicted molar refractivity (Wildman–Crippen MR) is 190 cm³/mol. The highest BCUT2D eigenvalue weighted by Crippen LogP contribution is 2.28. The molecule has 5 rings (SSSR count). The number of nitrogens with zero attached hydrogens (tertiary/aromatic N) is 2. The Labute approximate surface area is 288 Å². The Bertz CT molecular complexity index is 1780. The topological polar surface area (TPSA) is 96.0 Å². The van der Waals surface area contributed by atoms with Gasteiger partial charge < -0.3 is 15.0 Å². The molecule has 0 aromatic heterocycles. The van der Waals surface area contributed by atoms with Crippen LogP contribution < -0.4 is 14.4 Å². The van der Waals surface area contributed by atoms with Crippen molar-refractivity contribution in [2.75, 3.05) is 17.5 Å². The third-order valence-electron chi connectivity index (χ3n) is 8.59. The molecule has 1 aliphatic rings. The van der Waals surface area contributed by atoms with Gasteiger partial charge in [0.1, 0.15) is 18.3 Å². The molecular formula is C38H42ClN3O5S. The van der Waals surface area contributed by atoms with Crippen molar-refractivity contribution in [2.24, 2.45) is 0 Å². The number of ether oxygens (including phenoxy) is 1. The van der Waals surface area contributed by atoms with E-state index < -0.39 is 28.5 Å². The zero-order valence-electron chi connectivity index (χ0n) is 27.3. The molecule has 1 N–H and O–H groups in total. The normalized spacial score (nSPS) is 13.9. The second kappa shape index (κ2) is 16.2. The maximum absolute atomic E-state index is 14.7. The van der Waals surface area contributed by atoms with Gasteiger partial charge in [0, 0.05) is 24.0 Å². The highest BCUT2D eigenvalue weighted by Gasteiger charge is 2.35. The first kappa shape index (κ1) is 35.0. The molecule has 0 spiro atoms. The minimum Gasteiger partial charge on any atom is -0.494 e. The molecule has 1 atom stereocenters. The number of halogens is 1. The standard InChI is InChI=1S/C38H42ClN3O5S/c1-3-47-33-21-23-34(24-22-33)48(45,46)42(32-19-17-28(2)18-20-32)27-37(43)41(26-30-13-7-10-16-35(30)39)36(25-29-11-5-4-6-12-29)38(44)40-31-14-8-9-15-31/h4-7,10-13,16-24,31,36H,3,8-9,14-15,25-27H2,1-2H3,(H,40,44). The van der Waals surface area contributed by atoms with Crippen LogP contribution in [0.2, 0.25) is 5.02 Å². The van der Waals surface area contributed by atoms with Crippen LogP contribution in [0.3, 0.4) is 0 Å². The summed E-state index contributed by atoms with van der Waals surface area (Å²) in [6.07, 6.45) is 4.07. The maximum atomic E-state index is 14.7. The Hall–Kier alpha value is -4.34. The van der Waals surface area contributed by atoms with Gasteiger partial charge in [-0.15, -0.1) is 0 Å². The van der Waals surface area contributed by atoms with E-state index in [1.54, 1.807) is 48.5 Å². The summed E-state index contributed by atoms with van der Waals surface area (Å²) >= 11 is 6.60. The van der Waals surface area contributed by atoms with Crippen molar-refractivity contribution in [1.29, 1.82) is 0 Å². The first-order valence-corrected chi connectivity index (χ1v) is 18.2. The molecular weight excluding hydrogens is 646 g/mol. The molecule has 10 heteroatoms. The molecule has 4 aromatic rings. The van der Waals surface area contributed by atoms with Crippen molar-refractivity contribution in [3.63, 3.8) is 0 Å². The number of sulfonamides is 1. The summed E-state index contributed by atoms with van der Waals surface area (Å²) in [7, 11) is -4.23. The molecule has 0 heterocycles. The number of amides is 2. The van der Waals surface area contributed by atoms with Crippen molar-refractivity contribution in [3.8, 4) is 5.75 Å². The molecule has 1 saturated carbocycles. The Balaban J connectivity index is 1.56. The zero-order valence-corrected chi connectivity index (χ0v) is 28.9. The first-order chi connectivity index (χ1) is 23.2. The molecule has 0 aliphatic heterocycles. The fourth-order valence-electron chi connectivity index (χ4n) is 5.97. The number of aryl methyl sites for hydroxylation is 1. The average molecular weight is 688 g/mol. The molecule has 2 amide bonds. The van der Waals surface area contributed by atoms with E-state index in [2.05, 4.69) is 5.32 Å². The monoisotopic (exact) mass is 687 g/mol. The fourth-order valence-corrected chi connectivity index (χ4v) is 7.58. The second-order valence-corrected chi connectivity index (χ2v) is 14.3. The minimum absolute atomic E-state index is 0.0109. The largest absolute Gasteiger partial charge is 0.494 e. The SMILES string of the molecule is CCOc1ccc(S(=O)(=O)N(CC(=O)N(Cc2ccccc2Cl)C(Cc2ccccc2)C(=O)NC2CCCC2)c2ccc(C)cc2)cc1. The van der Waals surface area contributed by atoms with Crippen LogP contribution in [0.4, 0.5) is 5.69 Å². The molecule has 1 fully saturated rings. The Kier molecular flexibility index (Phi) is 11.8. The van der Waals surface area contributed by atoms with E-state index in [9.17, 15) is 18.0 Å². The summed E-state index contributed by atoms with van der Waals surface area (Å²) in [6, 6.07) is 28.9. The van der Waals surface area contributed by atoms with Crippen molar-refractivity contribution in [3.05, 3.63) is 125 Å². The van der Waals surface area contributed by atoms with E-state index in [0.29, 0.717) is 28.6 Å². The second-order valence-electron chi connectivity index (χ2n) is 12.1. The van der Waals surface area contributed by atoms with E-state index in [1.165, 1.54) is 17.0 Å². The Morgan fingerprint density at radius 3 is 2.19 bits per heavy atom. The lowest BCUT2D eigenvalue weighted by Crippen LogP contribution is -2.54. The molecule has 48 heavy (non-hydrogen) atoms. The zero-order chi connectivity index (χ0) is 34.1. The van der Waals surface area contributed by atoms with Gasteiger partial charge in [-0.25, -0.2) is 8.42 Å². The number of carbonyl (C=O) groups excluding carboxylic acids is 2. The lowest BCUT2D eigenvalue weighted by Gasteiger charge is -2.34. The maximum Gasteiger partial charge on any atom is 0.264 e. The van der Waals surface area contributed by atoms with E-state index in [4.69, 9.17) is 16.3 Å². The van der Waals surface area contributed by atoms with Crippen molar-refractivity contribution in [1.82, 2.24) is 10.2 Å². The van der Waals surface area contributed by atoms with E-state index in [-0.39, 0.29) is 29.8 Å². The quantitative estimate of drug-likeness (QED) is 0.155. The number of benzene rings is 4. The van der Waals surface area contributed by atoms with Crippen LogP contribution in [0.15, 0.2) is 108 Å². The van der Waals surface area contributed by atoms with Gasteiger partial charge >= 0.3 is 0 Å². The lowest BCUT2D eigenvalue weighted by atomic mass is 10.0. The van der Waals surface area contributed by atoms with Crippen LogP contribution >= 0.6 is 11.6 Å². The van der Waals surface area contributed by atoms with Gasteiger partial charge in [-0.3, -0.25) is 13.9 Å². The number of anilines is 1.